The van der Waals surface area contributed by atoms with Crippen LogP contribution < -0.4 is 10.1 Å². The summed E-state index contributed by atoms with van der Waals surface area (Å²) >= 11 is 0. The van der Waals surface area contributed by atoms with Crippen molar-refractivity contribution in [2.75, 3.05) is 26.9 Å². The number of nitrogens with one attached hydrogen (secondary N) is 1. The lowest BCUT2D eigenvalue weighted by molar-refractivity contribution is -0.210. The molecule has 21 heavy (non-hydrogen) atoms. The van der Waals surface area contributed by atoms with Crippen LogP contribution in [0.4, 0.5) is 17.6 Å². The van der Waals surface area contributed by atoms with Gasteiger partial charge in [-0.25, -0.2) is 4.39 Å². The number of alkyl halides is 3. The zero-order valence-electron chi connectivity index (χ0n) is 11.4. The quantitative estimate of drug-likeness (QED) is 0.568. The van der Waals surface area contributed by atoms with E-state index in [0.717, 1.165) is 12.1 Å². The first kappa shape index (κ1) is 17.7. The van der Waals surface area contributed by atoms with Crippen LogP contribution in [-0.2, 0) is 11.3 Å². The van der Waals surface area contributed by atoms with Crippen molar-refractivity contribution < 1.29 is 32.1 Å². The van der Waals surface area contributed by atoms with Crippen molar-refractivity contribution in [1.29, 1.82) is 0 Å². The molecule has 120 valence electrons. The second kappa shape index (κ2) is 8.16. The van der Waals surface area contributed by atoms with Crippen molar-refractivity contribution in [2.45, 2.75) is 18.8 Å². The summed E-state index contributed by atoms with van der Waals surface area (Å²) in [6.07, 6.45) is -7.34. The van der Waals surface area contributed by atoms with Gasteiger partial charge in [0.05, 0.1) is 6.61 Å². The molecule has 2 N–H and O–H groups in total. The molecule has 8 heteroatoms. The fraction of sp³-hybridized carbons (Fsp3) is 0.538. The van der Waals surface area contributed by atoms with E-state index in [4.69, 9.17) is 14.6 Å². The fourth-order valence-corrected chi connectivity index (χ4v) is 1.49. The van der Waals surface area contributed by atoms with E-state index in [1.165, 1.54) is 13.2 Å². The van der Waals surface area contributed by atoms with Gasteiger partial charge in [0.15, 0.2) is 6.10 Å². The molecule has 0 saturated carbocycles. The Hall–Kier alpha value is -1.38. The molecular formula is C13H17F4NO3. The van der Waals surface area contributed by atoms with Gasteiger partial charge in [-0.15, -0.1) is 0 Å². The van der Waals surface area contributed by atoms with Gasteiger partial charge in [-0.1, -0.05) is 0 Å². The Balaban J connectivity index is 2.64. The van der Waals surface area contributed by atoms with E-state index < -0.39 is 24.7 Å². The lowest BCUT2D eigenvalue weighted by Gasteiger charge is -2.17. The maximum atomic E-state index is 13.2. The smallest absolute Gasteiger partial charge is 0.417 e. The number of methoxy groups -OCH3 is 1. The first-order valence-electron chi connectivity index (χ1n) is 6.20. The second-order valence-electron chi connectivity index (χ2n) is 4.29. The molecule has 0 fully saturated rings. The van der Waals surface area contributed by atoms with E-state index in [9.17, 15) is 17.6 Å². The van der Waals surface area contributed by atoms with Gasteiger partial charge in [-0.2, -0.15) is 13.2 Å². The predicted octanol–water partition coefficient (Wildman–Crippen LogP) is 1.86. The molecule has 0 saturated heterocycles. The van der Waals surface area contributed by atoms with Crippen molar-refractivity contribution in [3.05, 3.63) is 29.6 Å². The molecule has 0 aliphatic rings. The average Bonchev–Trinajstić information content (AvgIpc) is 2.41. The molecule has 1 aromatic rings. The predicted molar refractivity (Wildman–Crippen MR) is 67.5 cm³/mol. The van der Waals surface area contributed by atoms with Gasteiger partial charge in [0.2, 0.25) is 0 Å². The third-order valence-electron chi connectivity index (χ3n) is 2.60. The summed E-state index contributed by atoms with van der Waals surface area (Å²) in [6.45, 7) is 0.203. The fourth-order valence-electron chi connectivity index (χ4n) is 1.49. The number of ether oxygens (including phenoxy) is 2. The number of aliphatic hydroxyl groups excluding tert-OH is 1. The number of rotatable bonds is 8. The number of halogens is 4. The molecule has 0 spiro atoms. The molecule has 0 heterocycles. The normalized spacial score (nSPS) is 13.2. The standard InChI is InChI=1S/C13H17F4NO3/c1-20-5-4-18-7-9-6-10(14)2-3-11(9)21-8-12(19)13(15,16)17/h2-3,6,12,18-19H,4-5,7-8H2,1H3. The molecule has 0 bridgehead atoms. The zero-order valence-corrected chi connectivity index (χ0v) is 11.4. The van der Waals surface area contributed by atoms with Crippen molar-refractivity contribution in [3.8, 4) is 5.75 Å². The largest absolute Gasteiger partial charge is 0.490 e. The Labute approximate surface area is 119 Å². The minimum atomic E-state index is -4.75. The van der Waals surface area contributed by atoms with Crippen LogP contribution in [0.1, 0.15) is 5.56 Å². The van der Waals surface area contributed by atoms with E-state index in [1.54, 1.807) is 0 Å². The van der Waals surface area contributed by atoms with Crippen LogP contribution in [0.25, 0.3) is 0 Å². The molecule has 0 aliphatic heterocycles. The molecule has 4 nitrogen and oxygen atoms in total. The SMILES string of the molecule is COCCNCc1cc(F)ccc1OCC(O)C(F)(F)F. The van der Waals surface area contributed by atoms with Gasteiger partial charge in [0.1, 0.15) is 18.2 Å². The highest BCUT2D eigenvalue weighted by molar-refractivity contribution is 5.34. The van der Waals surface area contributed by atoms with Crippen LogP contribution in [0.5, 0.6) is 5.75 Å². The first-order valence-corrected chi connectivity index (χ1v) is 6.20. The van der Waals surface area contributed by atoms with Crippen LogP contribution >= 0.6 is 0 Å². The zero-order chi connectivity index (χ0) is 15.9. The van der Waals surface area contributed by atoms with Gasteiger partial charge in [-0.3, -0.25) is 0 Å². The molecule has 1 aromatic carbocycles. The van der Waals surface area contributed by atoms with Crippen LogP contribution in [0, 0.1) is 5.82 Å². The number of benzene rings is 1. The summed E-state index contributed by atoms with van der Waals surface area (Å²) < 4.78 is 59.5. The Bertz CT molecular complexity index is 440. The number of aliphatic hydroxyl groups is 1. The summed E-state index contributed by atoms with van der Waals surface area (Å²) in [6, 6.07) is 3.47. The van der Waals surface area contributed by atoms with Crippen LogP contribution in [0.2, 0.25) is 0 Å². The average molecular weight is 311 g/mol. The maximum Gasteiger partial charge on any atom is 0.417 e. The highest BCUT2D eigenvalue weighted by atomic mass is 19.4. The van der Waals surface area contributed by atoms with Crippen LogP contribution in [-0.4, -0.2) is 44.3 Å². The molecule has 1 atom stereocenters. The van der Waals surface area contributed by atoms with Crippen molar-refractivity contribution in [2.24, 2.45) is 0 Å². The lowest BCUT2D eigenvalue weighted by atomic mass is 10.2. The van der Waals surface area contributed by atoms with Gasteiger partial charge >= 0.3 is 6.18 Å². The minimum absolute atomic E-state index is 0.0876. The van der Waals surface area contributed by atoms with E-state index in [2.05, 4.69) is 5.32 Å². The van der Waals surface area contributed by atoms with Crippen molar-refractivity contribution in [3.63, 3.8) is 0 Å². The lowest BCUT2D eigenvalue weighted by Crippen LogP contribution is -2.34. The Morgan fingerprint density at radius 2 is 2.05 bits per heavy atom. The van der Waals surface area contributed by atoms with Crippen molar-refractivity contribution in [1.82, 2.24) is 5.32 Å². The Morgan fingerprint density at radius 1 is 1.33 bits per heavy atom. The topological polar surface area (TPSA) is 50.7 Å². The van der Waals surface area contributed by atoms with E-state index >= 15 is 0 Å². The highest BCUT2D eigenvalue weighted by Gasteiger charge is 2.38. The number of hydrogen-bond acceptors (Lipinski definition) is 4. The first-order chi connectivity index (χ1) is 9.84. The summed E-state index contributed by atoms with van der Waals surface area (Å²) in [5.41, 5.74) is 0.362. The van der Waals surface area contributed by atoms with Gasteiger partial charge in [0.25, 0.3) is 0 Å². The van der Waals surface area contributed by atoms with E-state index in [0.29, 0.717) is 18.7 Å². The summed E-state index contributed by atoms with van der Waals surface area (Å²) in [5.74, 6) is -0.438. The molecule has 0 aliphatic carbocycles. The van der Waals surface area contributed by atoms with Gasteiger partial charge < -0.3 is 19.9 Å². The molecule has 0 amide bonds. The summed E-state index contributed by atoms with van der Waals surface area (Å²) in [7, 11) is 1.52. The molecule has 1 rings (SSSR count). The van der Waals surface area contributed by atoms with E-state index in [-0.39, 0.29) is 12.3 Å². The second-order valence-corrected chi connectivity index (χ2v) is 4.29. The molecule has 0 radical (unpaired) electrons. The van der Waals surface area contributed by atoms with Crippen LogP contribution in [0.3, 0.4) is 0 Å². The van der Waals surface area contributed by atoms with Gasteiger partial charge in [-0.05, 0) is 18.2 Å². The monoisotopic (exact) mass is 311 g/mol. The summed E-state index contributed by atoms with van der Waals surface area (Å²) in [4.78, 5) is 0. The number of hydrogen-bond donors (Lipinski definition) is 2. The summed E-state index contributed by atoms with van der Waals surface area (Å²) in [5, 5.41) is 11.8. The Morgan fingerprint density at radius 3 is 2.67 bits per heavy atom. The third-order valence-corrected chi connectivity index (χ3v) is 2.60. The van der Waals surface area contributed by atoms with Gasteiger partial charge in [0, 0.05) is 25.8 Å². The minimum Gasteiger partial charge on any atom is -0.490 e. The van der Waals surface area contributed by atoms with Crippen LogP contribution in [0.15, 0.2) is 18.2 Å². The molecular weight excluding hydrogens is 294 g/mol. The third kappa shape index (κ3) is 6.28. The molecule has 0 aromatic heterocycles. The molecule has 1 unspecified atom stereocenters. The van der Waals surface area contributed by atoms with E-state index in [1.807, 2.05) is 0 Å². The maximum absolute atomic E-state index is 13.2. The Kier molecular flexibility index (Phi) is 6.86. The van der Waals surface area contributed by atoms with Crippen molar-refractivity contribution >= 4 is 0 Å². The highest BCUT2D eigenvalue weighted by Crippen LogP contribution is 2.23.